The van der Waals surface area contributed by atoms with Crippen LogP contribution in [0.25, 0.3) is 6.08 Å². The molecule has 4 amide bonds. The maximum atomic E-state index is 13.0. The number of nitrogens with one attached hydrogen (secondary N) is 1. The van der Waals surface area contributed by atoms with Crippen LogP contribution in [0.1, 0.15) is 28.6 Å². The van der Waals surface area contributed by atoms with Crippen LogP contribution in [0.4, 0.5) is 5.69 Å². The Morgan fingerprint density at radius 1 is 1.20 bits per heavy atom. The second-order valence-corrected chi connectivity index (χ2v) is 10.1. The van der Waals surface area contributed by atoms with E-state index in [-0.39, 0.29) is 17.3 Å². The van der Waals surface area contributed by atoms with E-state index in [1.54, 1.807) is 13.0 Å². The van der Waals surface area contributed by atoms with Gasteiger partial charge in [0.25, 0.3) is 11.8 Å². The third kappa shape index (κ3) is 5.34. The van der Waals surface area contributed by atoms with Gasteiger partial charge in [0.1, 0.15) is 16.9 Å². The molecule has 0 bridgehead atoms. The molecule has 2 aliphatic heterocycles. The van der Waals surface area contributed by atoms with Crippen molar-refractivity contribution in [3.8, 4) is 0 Å². The number of rotatable bonds is 7. The Labute approximate surface area is 214 Å². The molecular formula is C23H19N3O6S3. The number of ether oxygens (including phenoxy) is 1. The quantitative estimate of drug-likeness (QED) is 0.252. The van der Waals surface area contributed by atoms with Gasteiger partial charge in [-0.3, -0.25) is 29.0 Å². The molecule has 0 saturated carbocycles. The summed E-state index contributed by atoms with van der Waals surface area (Å²) in [5, 5.41) is 4.46. The number of nitrogens with zero attached hydrogens (tertiary/aromatic N) is 2. The first-order valence-corrected chi connectivity index (χ1v) is 12.6. The highest BCUT2D eigenvalue weighted by molar-refractivity contribution is 8.26. The number of amides is 4. The summed E-state index contributed by atoms with van der Waals surface area (Å²) in [7, 11) is 0. The number of anilines is 1. The fourth-order valence-corrected chi connectivity index (χ4v) is 5.61. The lowest BCUT2D eigenvalue weighted by Gasteiger charge is -2.21. The summed E-state index contributed by atoms with van der Waals surface area (Å²) in [6.45, 7) is 1.44. The van der Waals surface area contributed by atoms with E-state index in [4.69, 9.17) is 17.0 Å². The molecule has 0 aliphatic carbocycles. The Morgan fingerprint density at radius 2 is 1.94 bits per heavy atom. The first kappa shape index (κ1) is 24.8. The van der Waals surface area contributed by atoms with Gasteiger partial charge in [-0.1, -0.05) is 30.0 Å². The van der Waals surface area contributed by atoms with Crippen LogP contribution in [0.2, 0.25) is 0 Å². The van der Waals surface area contributed by atoms with E-state index >= 15 is 0 Å². The van der Waals surface area contributed by atoms with Crippen LogP contribution in [-0.2, 0) is 23.9 Å². The second-order valence-electron chi connectivity index (χ2n) is 7.45. The molecule has 2 aliphatic rings. The lowest BCUT2D eigenvalue weighted by Crippen LogP contribution is -2.45. The van der Waals surface area contributed by atoms with Crippen molar-refractivity contribution in [2.75, 3.05) is 18.5 Å². The molecular weight excluding hydrogens is 510 g/mol. The van der Waals surface area contributed by atoms with E-state index < -0.39 is 42.2 Å². The van der Waals surface area contributed by atoms with Gasteiger partial charge in [-0.2, -0.15) is 0 Å². The van der Waals surface area contributed by atoms with Crippen molar-refractivity contribution >= 4 is 81.0 Å². The number of thiocarbonyl (C=S) groups is 1. The topological polar surface area (TPSA) is 113 Å². The van der Waals surface area contributed by atoms with Gasteiger partial charge in [-0.25, -0.2) is 4.79 Å². The van der Waals surface area contributed by atoms with Gasteiger partial charge in [0.15, 0.2) is 0 Å². The lowest BCUT2D eigenvalue weighted by atomic mass is 10.2. The Morgan fingerprint density at radius 3 is 2.60 bits per heavy atom. The zero-order valence-electron chi connectivity index (χ0n) is 18.4. The Balaban J connectivity index is 1.40. The molecule has 1 aromatic carbocycles. The van der Waals surface area contributed by atoms with Gasteiger partial charge in [0.2, 0.25) is 11.8 Å². The SMILES string of the molecule is CCOC(=O)c1ccc(NC(=O)CN2C(=O)CC(N3C(=O)/C(=C/c4cccs4)SC3=S)C2=O)cc1. The molecule has 35 heavy (non-hydrogen) atoms. The fourth-order valence-electron chi connectivity index (χ4n) is 3.53. The van der Waals surface area contributed by atoms with Gasteiger partial charge in [-0.05, 0) is 48.7 Å². The molecule has 0 spiro atoms. The van der Waals surface area contributed by atoms with E-state index in [1.165, 1.54) is 35.6 Å². The normalized spacial score (nSPS) is 19.1. The predicted molar refractivity (Wildman–Crippen MR) is 135 cm³/mol. The molecule has 12 heteroatoms. The molecule has 1 atom stereocenters. The third-order valence-corrected chi connectivity index (χ3v) is 7.30. The minimum atomic E-state index is -1.08. The Bertz CT molecular complexity index is 1240. The van der Waals surface area contributed by atoms with Crippen molar-refractivity contribution in [2.24, 2.45) is 0 Å². The first-order valence-electron chi connectivity index (χ1n) is 10.5. The number of esters is 1. The van der Waals surface area contributed by atoms with Crippen molar-refractivity contribution < 1.29 is 28.7 Å². The second kappa shape index (κ2) is 10.5. The van der Waals surface area contributed by atoms with Crippen LogP contribution < -0.4 is 5.32 Å². The maximum absolute atomic E-state index is 13.0. The maximum Gasteiger partial charge on any atom is 0.338 e. The standard InChI is InChI=1S/C23H19N3O6S3/c1-2-32-22(31)13-5-7-14(8-6-13)24-18(27)12-25-19(28)11-16(20(25)29)26-21(30)17(35-23(26)33)10-15-4-3-9-34-15/h3-10,16H,2,11-12H2,1H3,(H,24,27)/b17-10-. The number of likely N-dealkylation sites (tertiary alicyclic amines) is 1. The summed E-state index contributed by atoms with van der Waals surface area (Å²) in [4.78, 5) is 65.9. The molecule has 2 aromatic rings. The first-order chi connectivity index (χ1) is 16.8. The molecule has 2 fully saturated rings. The number of hydrogen-bond acceptors (Lipinski definition) is 9. The van der Waals surface area contributed by atoms with E-state index in [0.717, 1.165) is 26.4 Å². The average molecular weight is 530 g/mol. The van der Waals surface area contributed by atoms with Gasteiger partial charge in [0, 0.05) is 10.6 Å². The zero-order valence-corrected chi connectivity index (χ0v) is 20.8. The van der Waals surface area contributed by atoms with Gasteiger partial charge >= 0.3 is 5.97 Å². The summed E-state index contributed by atoms with van der Waals surface area (Å²) in [6, 6.07) is 8.64. The molecule has 1 N–H and O–H groups in total. The minimum Gasteiger partial charge on any atom is -0.462 e. The van der Waals surface area contributed by atoms with Crippen molar-refractivity contribution in [3.05, 3.63) is 57.1 Å². The van der Waals surface area contributed by atoms with Gasteiger partial charge in [-0.15, -0.1) is 11.3 Å². The van der Waals surface area contributed by atoms with Crippen LogP contribution >= 0.6 is 35.3 Å². The van der Waals surface area contributed by atoms with E-state index in [2.05, 4.69) is 5.32 Å². The van der Waals surface area contributed by atoms with Crippen LogP contribution in [0.3, 0.4) is 0 Å². The largest absolute Gasteiger partial charge is 0.462 e. The summed E-state index contributed by atoms with van der Waals surface area (Å²) in [5.41, 5.74) is 0.712. The highest BCUT2D eigenvalue weighted by atomic mass is 32.2. The molecule has 0 radical (unpaired) electrons. The highest BCUT2D eigenvalue weighted by Gasteiger charge is 2.48. The van der Waals surface area contributed by atoms with Crippen LogP contribution in [0, 0.1) is 0 Å². The monoisotopic (exact) mass is 529 g/mol. The average Bonchev–Trinajstić information content (AvgIpc) is 3.50. The summed E-state index contributed by atoms with van der Waals surface area (Å²) in [6.07, 6.45) is 1.45. The predicted octanol–water partition coefficient (Wildman–Crippen LogP) is 2.89. The van der Waals surface area contributed by atoms with Crippen LogP contribution in [0.15, 0.2) is 46.7 Å². The number of hydrogen-bond donors (Lipinski definition) is 1. The Hall–Kier alpha value is -3.35. The van der Waals surface area contributed by atoms with Gasteiger partial charge < -0.3 is 10.1 Å². The van der Waals surface area contributed by atoms with E-state index in [1.807, 2.05) is 17.5 Å². The zero-order chi connectivity index (χ0) is 25.1. The van der Waals surface area contributed by atoms with Crippen molar-refractivity contribution in [1.82, 2.24) is 9.80 Å². The smallest absolute Gasteiger partial charge is 0.338 e. The molecule has 180 valence electrons. The third-order valence-electron chi connectivity index (χ3n) is 5.15. The van der Waals surface area contributed by atoms with Crippen LogP contribution in [0.5, 0.6) is 0 Å². The number of benzene rings is 1. The molecule has 4 rings (SSSR count). The minimum absolute atomic E-state index is 0.192. The van der Waals surface area contributed by atoms with Crippen molar-refractivity contribution in [1.29, 1.82) is 0 Å². The van der Waals surface area contributed by atoms with Crippen molar-refractivity contribution in [3.63, 3.8) is 0 Å². The molecule has 9 nitrogen and oxygen atoms in total. The molecule has 2 saturated heterocycles. The van der Waals surface area contributed by atoms with E-state index in [0.29, 0.717) is 16.2 Å². The summed E-state index contributed by atoms with van der Waals surface area (Å²) >= 11 is 7.85. The number of thioether (sulfide) groups is 1. The number of imide groups is 1. The van der Waals surface area contributed by atoms with Crippen LogP contribution in [-0.4, -0.2) is 62.9 Å². The van der Waals surface area contributed by atoms with Crippen molar-refractivity contribution in [2.45, 2.75) is 19.4 Å². The van der Waals surface area contributed by atoms with Gasteiger partial charge in [0.05, 0.1) is 23.5 Å². The fraction of sp³-hybridized carbons (Fsp3) is 0.217. The molecule has 1 unspecified atom stereocenters. The molecule has 3 heterocycles. The Kier molecular flexibility index (Phi) is 7.43. The summed E-state index contributed by atoms with van der Waals surface area (Å²) < 4.78 is 5.10. The summed E-state index contributed by atoms with van der Waals surface area (Å²) in [5.74, 6) is -2.74. The lowest BCUT2D eigenvalue weighted by molar-refractivity contribution is -0.143. The highest BCUT2D eigenvalue weighted by Crippen LogP contribution is 2.36. The number of carbonyl (C=O) groups is 5. The number of thiophene rings is 1. The molecule has 1 aromatic heterocycles. The number of carbonyl (C=O) groups excluding carboxylic acids is 5. The van der Waals surface area contributed by atoms with E-state index in [9.17, 15) is 24.0 Å².